The molecule has 2 rings (SSSR count). The molecule has 0 saturated carbocycles. The van der Waals surface area contributed by atoms with Crippen molar-refractivity contribution in [3.63, 3.8) is 0 Å². The molecule has 1 atom stereocenters. The number of carbonyl (C=O) groups excluding carboxylic acids is 1. The SMILES string of the molecule is CC(Sc1cccc(O)c1)C(=O)NCc1ccco1. The first-order chi connectivity index (χ1) is 9.15. The predicted molar refractivity (Wildman–Crippen MR) is 74.0 cm³/mol. The van der Waals surface area contributed by atoms with Gasteiger partial charge in [0.25, 0.3) is 0 Å². The van der Waals surface area contributed by atoms with Crippen LogP contribution in [0.25, 0.3) is 0 Å². The molecule has 100 valence electrons. The molecule has 1 heterocycles. The summed E-state index contributed by atoms with van der Waals surface area (Å²) in [5.41, 5.74) is 0. The topological polar surface area (TPSA) is 62.5 Å². The van der Waals surface area contributed by atoms with Crippen molar-refractivity contribution >= 4 is 17.7 Å². The molecule has 19 heavy (non-hydrogen) atoms. The molecular formula is C14H15NO3S. The Morgan fingerprint density at radius 3 is 2.95 bits per heavy atom. The van der Waals surface area contributed by atoms with Crippen molar-refractivity contribution in [2.45, 2.75) is 23.6 Å². The van der Waals surface area contributed by atoms with Crippen LogP contribution in [0.1, 0.15) is 12.7 Å². The number of furan rings is 1. The van der Waals surface area contributed by atoms with Gasteiger partial charge in [0.15, 0.2) is 0 Å². The van der Waals surface area contributed by atoms with Gasteiger partial charge in [0, 0.05) is 4.90 Å². The van der Waals surface area contributed by atoms with E-state index in [1.807, 2.05) is 19.1 Å². The molecule has 0 fully saturated rings. The number of carbonyl (C=O) groups is 1. The van der Waals surface area contributed by atoms with E-state index in [2.05, 4.69) is 5.32 Å². The highest BCUT2D eigenvalue weighted by Crippen LogP contribution is 2.26. The molecule has 1 amide bonds. The fourth-order valence-corrected chi connectivity index (χ4v) is 2.49. The first-order valence-electron chi connectivity index (χ1n) is 5.91. The molecule has 2 aromatic rings. The van der Waals surface area contributed by atoms with Crippen LogP contribution in [-0.4, -0.2) is 16.3 Å². The van der Waals surface area contributed by atoms with Crippen molar-refractivity contribution in [1.29, 1.82) is 0 Å². The van der Waals surface area contributed by atoms with E-state index in [1.54, 1.807) is 30.5 Å². The second kappa shape index (κ2) is 6.33. The van der Waals surface area contributed by atoms with Crippen molar-refractivity contribution in [2.75, 3.05) is 0 Å². The van der Waals surface area contributed by atoms with Gasteiger partial charge in [-0.1, -0.05) is 6.07 Å². The number of rotatable bonds is 5. The number of phenols is 1. The van der Waals surface area contributed by atoms with Crippen molar-refractivity contribution in [3.8, 4) is 5.75 Å². The van der Waals surface area contributed by atoms with E-state index in [1.165, 1.54) is 11.8 Å². The minimum atomic E-state index is -0.239. The summed E-state index contributed by atoms with van der Waals surface area (Å²) in [5.74, 6) is 0.862. The largest absolute Gasteiger partial charge is 0.508 e. The second-order valence-corrected chi connectivity index (χ2v) is 5.47. The average Bonchev–Trinajstić information content (AvgIpc) is 2.89. The maximum absolute atomic E-state index is 11.9. The Kier molecular flexibility index (Phi) is 4.52. The van der Waals surface area contributed by atoms with Gasteiger partial charge in [0.2, 0.25) is 5.91 Å². The fraction of sp³-hybridized carbons (Fsp3) is 0.214. The Labute approximate surface area is 115 Å². The number of aromatic hydroxyl groups is 1. The van der Waals surface area contributed by atoms with E-state index >= 15 is 0 Å². The van der Waals surface area contributed by atoms with Gasteiger partial charge in [-0.2, -0.15) is 0 Å². The molecule has 1 aromatic carbocycles. The summed E-state index contributed by atoms with van der Waals surface area (Å²) in [7, 11) is 0. The summed E-state index contributed by atoms with van der Waals surface area (Å²) in [6.45, 7) is 2.21. The second-order valence-electron chi connectivity index (χ2n) is 4.05. The molecule has 5 heteroatoms. The molecule has 0 bridgehead atoms. The molecular weight excluding hydrogens is 262 g/mol. The summed E-state index contributed by atoms with van der Waals surface area (Å²) in [6.07, 6.45) is 1.58. The molecule has 0 radical (unpaired) electrons. The Bertz CT molecular complexity index is 539. The molecule has 4 nitrogen and oxygen atoms in total. The third-order valence-electron chi connectivity index (χ3n) is 2.52. The number of phenolic OH excluding ortho intramolecular Hbond substituents is 1. The van der Waals surface area contributed by atoms with E-state index in [0.29, 0.717) is 6.54 Å². The zero-order chi connectivity index (χ0) is 13.7. The average molecular weight is 277 g/mol. The maximum Gasteiger partial charge on any atom is 0.233 e. The van der Waals surface area contributed by atoms with Gasteiger partial charge in [-0.25, -0.2) is 0 Å². The number of hydrogen-bond acceptors (Lipinski definition) is 4. The molecule has 1 unspecified atom stereocenters. The van der Waals surface area contributed by atoms with Gasteiger partial charge in [-0.05, 0) is 37.3 Å². The van der Waals surface area contributed by atoms with Crippen molar-refractivity contribution in [1.82, 2.24) is 5.32 Å². The normalized spacial score (nSPS) is 12.1. The van der Waals surface area contributed by atoms with Crippen molar-refractivity contribution in [2.24, 2.45) is 0 Å². The summed E-state index contributed by atoms with van der Waals surface area (Å²) in [4.78, 5) is 12.8. The lowest BCUT2D eigenvalue weighted by atomic mass is 10.3. The first kappa shape index (κ1) is 13.5. The summed E-state index contributed by atoms with van der Waals surface area (Å²) in [5, 5.41) is 11.9. The molecule has 0 spiro atoms. The lowest BCUT2D eigenvalue weighted by Gasteiger charge is -2.11. The summed E-state index contributed by atoms with van der Waals surface area (Å²) >= 11 is 1.40. The number of benzene rings is 1. The number of hydrogen-bond donors (Lipinski definition) is 2. The molecule has 0 aliphatic heterocycles. The Balaban J connectivity index is 1.85. The zero-order valence-electron chi connectivity index (χ0n) is 10.5. The van der Waals surface area contributed by atoms with Gasteiger partial charge in [-0.3, -0.25) is 4.79 Å². The zero-order valence-corrected chi connectivity index (χ0v) is 11.3. The van der Waals surface area contributed by atoms with Crippen molar-refractivity contribution < 1.29 is 14.3 Å². The van der Waals surface area contributed by atoms with Crippen LogP contribution < -0.4 is 5.32 Å². The lowest BCUT2D eigenvalue weighted by Crippen LogP contribution is -2.30. The van der Waals surface area contributed by atoms with E-state index in [9.17, 15) is 9.90 Å². The van der Waals surface area contributed by atoms with Gasteiger partial charge in [-0.15, -0.1) is 11.8 Å². The van der Waals surface area contributed by atoms with Crippen LogP contribution in [0.2, 0.25) is 0 Å². The van der Waals surface area contributed by atoms with Crippen molar-refractivity contribution in [3.05, 3.63) is 48.4 Å². The van der Waals surface area contributed by atoms with Crippen LogP contribution in [0.15, 0.2) is 52.0 Å². The molecule has 2 N–H and O–H groups in total. The third kappa shape index (κ3) is 4.06. The van der Waals surface area contributed by atoms with E-state index < -0.39 is 0 Å². The molecule has 0 aliphatic rings. The van der Waals surface area contributed by atoms with Crippen LogP contribution in [0, 0.1) is 0 Å². The predicted octanol–water partition coefficient (Wildman–Crippen LogP) is 2.78. The van der Waals surface area contributed by atoms with E-state index in [0.717, 1.165) is 10.7 Å². The number of thioether (sulfide) groups is 1. The van der Waals surface area contributed by atoms with Gasteiger partial charge >= 0.3 is 0 Å². The standard InChI is InChI=1S/C14H15NO3S/c1-10(19-13-6-2-4-11(16)8-13)14(17)15-9-12-5-3-7-18-12/h2-8,10,16H,9H2,1H3,(H,15,17). The van der Waals surface area contributed by atoms with E-state index in [-0.39, 0.29) is 16.9 Å². The van der Waals surface area contributed by atoms with Crippen LogP contribution in [0.5, 0.6) is 5.75 Å². The van der Waals surface area contributed by atoms with Gasteiger partial charge in [0.05, 0.1) is 18.1 Å². The highest BCUT2D eigenvalue weighted by molar-refractivity contribution is 8.00. The maximum atomic E-state index is 11.9. The minimum absolute atomic E-state index is 0.0651. The highest BCUT2D eigenvalue weighted by Gasteiger charge is 2.14. The quantitative estimate of drug-likeness (QED) is 0.825. The van der Waals surface area contributed by atoms with Gasteiger partial charge in [0.1, 0.15) is 11.5 Å². The Hall–Kier alpha value is -1.88. The smallest absolute Gasteiger partial charge is 0.233 e. The lowest BCUT2D eigenvalue weighted by molar-refractivity contribution is -0.120. The van der Waals surface area contributed by atoms with Crippen LogP contribution in [0.3, 0.4) is 0 Å². The monoisotopic (exact) mass is 277 g/mol. The van der Waals surface area contributed by atoms with Crippen LogP contribution >= 0.6 is 11.8 Å². The summed E-state index contributed by atoms with van der Waals surface area (Å²) in [6, 6.07) is 10.5. The number of nitrogens with one attached hydrogen (secondary N) is 1. The summed E-state index contributed by atoms with van der Waals surface area (Å²) < 4.78 is 5.14. The molecule has 1 aromatic heterocycles. The molecule has 0 saturated heterocycles. The van der Waals surface area contributed by atoms with Crippen LogP contribution in [-0.2, 0) is 11.3 Å². The molecule has 0 aliphatic carbocycles. The number of amides is 1. The fourth-order valence-electron chi connectivity index (χ4n) is 1.55. The first-order valence-corrected chi connectivity index (χ1v) is 6.79. The Morgan fingerprint density at radius 1 is 1.42 bits per heavy atom. The third-order valence-corrected chi connectivity index (χ3v) is 3.61. The van der Waals surface area contributed by atoms with Gasteiger partial charge < -0.3 is 14.8 Å². The van der Waals surface area contributed by atoms with Crippen LogP contribution in [0.4, 0.5) is 0 Å². The highest BCUT2D eigenvalue weighted by atomic mass is 32.2. The van der Waals surface area contributed by atoms with E-state index in [4.69, 9.17) is 4.42 Å². The minimum Gasteiger partial charge on any atom is -0.508 e. The Morgan fingerprint density at radius 2 is 2.26 bits per heavy atom.